The second kappa shape index (κ2) is 9.17. The van der Waals surface area contributed by atoms with Gasteiger partial charge >= 0.3 is 0 Å². The Bertz CT molecular complexity index is 544. The molecule has 0 atom stereocenters. The summed E-state index contributed by atoms with van der Waals surface area (Å²) in [4.78, 5) is 25.4. The number of carbonyl (C=O) groups excluding carboxylic acids is 2. The lowest BCUT2D eigenvalue weighted by Crippen LogP contribution is -2.42. The summed E-state index contributed by atoms with van der Waals surface area (Å²) in [5.41, 5.74) is 0.676. The summed E-state index contributed by atoms with van der Waals surface area (Å²) in [5, 5.41) is 0. The van der Waals surface area contributed by atoms with Crippen LogP contribution in [0.25, 0.3) is 0 Å². The van der Waals surface area contributed by atoms with Crippen LogP contribution in [0.2, 0.25) is 0 Å². The SMILES string of the molecule is CC(C)(C)C(=O)Cc1ccccc1.CC(C)(C)C(=O)N1CCCCC1. The van der Waals surface area contributed by atoms with Gasteiger partial charge in [-0.05, 0) is 24.8 Å². The van der Waals surface area contributed by atoms with Gasteiger partial charge in [-0.1, -0.05) is 71.9 Å². The molecule has 0 aromatic heterocycles. The third-order valence-corrected chi connectivity index (χ3v) is 4.33. The smallest absolute Gasteiger partial charge is 0.227 e. The van der Waals surface area contributed by atoms with E-state index in [1.165, 1.54) is 19.3 Å². The van der Waals surface area contributed by atoms with Crippen LogP contribution < -0.4 is 0 Å². The minimum absolute atomic E-state index is 0.197. The van der Waals surface area contributed by atoms with Gasteiger partial charge in [0.1, 0.15) is 5.78 Å². The molecule has 1 aromatic rings. The Morgan fingerprint density at radius 1 is 0.840 bits per heavy atom. The first-order chi connectivity index (χ1) is 11.5. The van der Waals surface area contributed by atoms with Crippen LogP contribution in [0.15, 0.2) is 30.3 Å². The van der Waals surface area contributed by atoms with Gasteiger partial charge in [0.2, 0.25) is 5.91 Å². The minimum atomic E-state index is -0.226. The van der Waals surface area contributed by atoms with Crippen molar-refractivity contribution in [2.45, 2.75) is 67.2 Å². The topological polar surface area (TPSA) is 37.4 Å². The van der Waals surface area contributed by atoms with Gasteiger partial charge in [0.15, 0.2) is 0 Å². The highest BCUT2D eigenvalue weighted by atomic mass is 16.2. The molecule has 25 heavy (non-hydrogen) atoms. The fourth-order valence-electron chi connectivity index (χ4n) is 2.62. The van der Waals surface area contributed by atoms with Crippen molar-refractivity contribution >= 4 is 11.7 Å². The minimum Gasteiger partial charge on any atom is -0.342 e. The van der Waals surface area contributed by atoms with Crippen LogP contribution in [-0.4, -0.2) is 29.7 Å². The molecule has 140 valence electrons. The molecule has 0 N–H and O–H groups in total. The Labute approximate surface area is 153 Å². The van der Waals surface area contributed by atoms with Gasteiger partial charge in [-0.15, -0.1) is 0 Å². The van der Waals surface area contributed by atoms with Crippen LogP contribution in [-0.2, 0) is 16.0 Å². The van der Waals surface area contributed by atoms with Crippen molar-refractivity contribution in [2.24, 2.45) is 10.8 Å². The predicted octanol–water partition coefficient (Wildman–Crippen LogP) is 4.89. The van der Waals surface area contributed by atoms with Crippen LogP contribution >= 0.6 is 0 Å². The number of piperidine rings is 1. The zero-order chi connectivity index (χ0) is 19.1. The lowest BCUT2D eigenvalue weighted by molar-refractivity contribution is -0.140. The van der Waals surface area contributed by atoms with E-state index in [4.69, 9.17) is 0 Å². The van der Waals surface area contributed by atoms with Crippen molar-refractivity contribution in [3.8, 4) is 0 Å². The maximum atomic E-state index is 11.7. The largest absolute Gasteiger partial charge is 0.342 e. The molecule has 2 rings (SSSR count). The van der Waals surface area contributed by atoms with Gasteiger partial charge in [-0.2, -0.15) is 0 Å². The number of ketones is 1. The van der Waals surface area contributed by atoms with Crippen molar-refractivity contribution < 1.29 is 9.59 Å². The van der Waals surface area contributed by atoms with Crippen LogP contribution in [0.5, 0.6) is 0 Å². The van der Waals surface area contributed by atoms with E-state index in [0.29, 0.717) is 18.1 Å². The zero-order valence-corrected chi connectivity index (χ0v) is 16.9. The third-order valence-electron chi connectivity index (χ3n) is 4.33. The second-order valence-electron chi connectivity index (χ2n) is 8.94. The predicted molar refractivity (Wildman–Crippen MR) is 104 cm³/mol. The lowest BCUT2D eigenvalue weighted by atomic mass is 9.87. The van der Waals surface area contributed by atoms with Gasteiger partial charge in [0.25, 0.3) is 0 Å². The van der Waals surface area contributed by atoms with E-state index in [-0.39, 0.29) is 10.8 Å². The highest BCUT2D eigenvalue weighted by Crippen LogP contribution is 2.20. The molecular weight excluding hydrogens is 310 g/mol. The zero-order valence-electron chi connectivity index (χ0n) is 16.9. The molecule has 1 amide bonds. The van der Waals surface area contributed by atoms with E-state index < -0.39 is 0 Å². The molecule has 0 radical (unpaired) electrons. The molecule has 1 aliphatic heterocycles. The Hall–Kier alpha value is -1.64. The number of carbonyl (C=O) groups is 2. The van der Waals surface area contributed by atoms with E-state index in [1.54, 1.807) is 0 Å². The molecule has 1 saturated heterocycles. The van der Waals surface area contributed by atoms with Gasteiger partial charge in [0.05, 0.1) is 0 Å². The first kappa shape index (κ1) is 21.4. The number of rotatable bonds is 2. The molecule has 0 saturated carbocycles. The van der Waals surface area contributed by atoms with Gasteiger partial charge in [-0.3, -0.25) is 9.59 Å². The summed E-state index contributed by atoms with van der Waals surface area (Å²) in [7, 11) is 0. The molecule has 0 bridgehead atoms. The average Bonchev–Trinajstić information content (AvgIpc) is 2.55. The molecule has 1 fully saturated rings. The third kappa shape index (κ3) is 7.85. The van der Waals surface area contributed by atoms with Gasteiger partial charge < -0.3 is 4.90 Å². The Morgan fingerprint density at radius 2 is 1.36 bits per heavy atom. The quantitative estimate of drug-likeness (QED) is 0.765. The number of hydrogen-bond donors (Lipinski definition) is 0. The number of benzene rings is 1. The molecule has 0 aliphatic carbocycles. The molecular formula is C22H35NO2. The van der Waals surface area contributed by atoms with E-state index in [1.807, 2.05) is 76.8 Å². The number of amides is 1. The maximum absolute atomic E-state index is 11.7. The molecule has 3 nitrogen and oxygen atoms in total. The fourth-order valence-corrected chi connectivity index (χ4v) is 2.62. The van der Waals surface area contributed by atoms with E-state index >= 15 is 0 Å². The van der Waals surface area contributed by atoms with E-state index in [0.717, 1.165) is 18.7 Å². The van der Waals surface area contributed by atoms with Crippen LogP contribution in [0.4, 0.5) is 0 Å². The molecule has 0 spiro atoms. The Morgan fingerprint density at radius 3 is 1.80 bits per heavy atom. The summed E-state index contributed by atoms with van der Waals surface area (Å²) < 4.78 is 0. The monoisotopic (exact) mass is 345 g/mol. The normalized spacial score (nSPS) is 15.2. The summed E-state index contributed by atoms with van der Waals surface area (Å²) in [6.07, 6.45) is 4.20. The van der Waals surface area contributed by atoms with Crippen molar-refractivity contribution in [1.29, 1.82) is 0 Å². The first-order valence-corrected chi connectivity index (χ1v) is 9.38. The number of hydrogen-bond acceptors (Lipinski definition) is 2. The van der Waals surface area contributed by atoms with Gasteiger partial charge in [-0.25, -0.2) is 0 Å². The molecule has 3 heteroatoms. The van der Waals surface area contributed by atoms with E-state index in [2.05, 4.69) is 0 Å². The summed E-state index contributed by atoms with van der Waals surface area (Å²) in [6, 6.07) is 9.87. The standard InChI is InChI=1S/C12H16O.C10H19NO/c1-12(2,3)11(13)9-10-7-5-4-6-8-10;1-10(2,3)9(12)11-7-5-4-6-8-11/h4-8H,9H2,1-3H3;4-8H2,1-3H3. The lowest BCUT2D eigenvalue weighted by Gasteiger charge is -2.32. The summed E-state index contributed by atoms with van der Waals surface area (Å²) >= 11 is 0. The molecule has 1 heterocycles. The van der Waals surface area contributed by atoms with Crippen LogP contribution in [0, 0.1) is 10.8 Å². The number of Topliss-reactive ketones (excluding diaryl/α,β-unsaturated/α-hetero) is 1. The summed E-state index contributed by atoms with van der Waals surface area (Å²) in [5.74, 6) is 0.598. The molecule has 1 aromatic carbocycles. The van der Waals surface area contributed by atoms with Crippen LogP contribution in [0.1, 0.15) is 66.4 Å². The Kier molecular flexibility index (Phi) is 7.85. The summed E-state index contributed by atoms with van der Waals surface area (Å²) in [6.45, 7) is 13.8. The van der Waals surface area contributed by atoms with E-state index in [9.17, 15) is 9.59 Å². The first-order valence-electron chi connectivity index (χ1n) is 9.38. The van der Waals surface area contributed by atoms with Crippen molar-refractivity contribution in [1.82, 2.24) is 4.90 Å². The van der Waals surface area contributed by atoms with Crippen molar-refractivity contribution in [3.05, 3.63) is 35.9 Å². The van der Waals surface area contributed by atoms with Gasteiger partial charge in [0, 0.05) is 30.3 Å². The molecule has 0 unspecified atom stereocenters. The number of nitrogens with zero attached hydrogens (tertiary/aromatic N) is 1. The average molecular weight is 346 g/mol. The highest BCUT2D eigenvalue weighted by Gasteiger charge is 2.27. The van der Waals surface area contributed by atoms with Crippen molar-refractivity contribution in [2.75, 3.05) is 13.1 Å². The maximum Gasteiger partial charge on any atom is 0.227 e. The molecule has 1 aliphatic rings. The fraction of sp³-hybridized carbons (Fsp3) is 0.636. The number of likely N-dealkylation sites (tertiary alicyclic amines) is 1. The Balaban J connectivity index is 0.000000251. The van der Waals surface area contributed by atoms with Crippen molar-refractivity contribution in [3.63, 3.8) is 0 Å². The van der Waals surface area contributed by atoms with Crippen LogP contribution in [0.3, 0.4) is 0 Å². The second-order valence-corrected chi connectivity index (χ2v) is 8.94. The highest BCUT2D eigenvalue weighted by molar-refractivity contribution is 5.85.